The fourth-order valence-corrected chi connectivity index (χ4v) is 7.77. The molecule has 0 atom stereocenters. The van der Waals surface area contributed by atoms with Gasteiger partial charge in [0.2, 0.25) is 0 Å². The van der Waals surface area contributed by atoms with Crippen molar-refractivity contribution in [2.45, 2.75) is 80.1 Å². The Morgan fingerprint density at radius 2 is 0.614 bits per heavy atom. The van der Waals surface area contributed by atoms with Crippen LogP contribution in [0.5, 0.6) is 0 Å². The molecule has 0 radical (unpaired) electrons. The van der Waals surface area contributed by atoms with Gasteiger partial charge in [0.25, 0.3) is 0 Å². The van der Waals surface area contributed by atoms with Crippen LogP contribution in [0.2, 0.25) is 0 Å². The molecule has 7 aromatic rings. The molecule has 0 aliphatic carbocycles. The largest absolute Gasteiger partial charge is 0.0572 e. The van der Waals surface area contributed by atoms with E-state index in [0.29, 0.717) is 0 Å². The molecule has 0 nitrogen and oxygen atoms in total. The third-order valence-corrected chi connectivity index (χ3v) is 9.54. The zero-order chi connectivity index (χ0) is 31.3. The van der Waals surface area contributed by atoms with E-state index in [1.165, 1.54) is 98.7 Å². The van der Waals surface area contributed by atoms with Gasteiger partial charge in [-0.3, -0.25) is 0 Å². The van der Waals surface area contributed by atoms with Gasteiger partial charge in [-0.1, -0.05) is 124 Å². The molecule has 7 rings (SSSR count). The SMILES string of the molecule is Cc1cc(C)cc(-c2cc3c(C(C)(C)C)ccc4c5cc(-c6cc(C)cc(C)c6)cc6c(C(C)(C)C)ccc(c(c2)c34)c65)c1. The minimum Gasteiger partial charge on any atom is -0.0572 e. The number of rotatable bonds is 2. The number of hydrogen-bond acceptors (Lipinski definition) is 0. The highest BCUT2D eigenvalue weighted by Gasteiger charge is 2.25. The Hall–Kier alpha value is -4.16. The van der Waals surface area contributed by atoms with Crippen LogP contribution in [-0.2, 0) is 10.8 Å². The van der Waals surface area contributed by atoms with Crippen LogP contribution < -0.4 is 0 Å². The second-order valence-corrected chi connectivity index (χ2v) is 15.5. The Morgan fingerprint density at radius 3 is 0.932 bits per heavy atom. The van der Waals surface area contributed by atoms with E-state index in [0.717, 1.165) is 0 Å². The van der Waals surface area contributed by atoms with Crippen LogP contribution in [0, 0.1) is 27.7 Å². The molecule has 220 valence electrons. The zero-order valence-corrected chi connectivity index (χ0v) is 28.1. The van der Waals surface area contributed by atoms with Crippen LogP contribution in [-0.4, -0.2) is 0 Å². The fraction of sp³-hybridized carbons (Fsp3) is 0.273. The maximum absolute atomic E-state index is 2.47. The maximum atomic E-state index is 2.47. The minimum absolute atomic E-state index is 0.0174. The van der Waals surface area contributed by atoms with E-state index < -0.39 is 0 Å². The summed E-state index contributed by atoms with van der Waals surface area (Å²) in [5, 5.41) is 10.9. The summed E-state index contributed by atoms with van der Waals surface area (Å²) in [5.74, 6) is 0. The lowest BCUT2D eigenvalue weighted by atomic mass is 9.77. The molecular weight excluding hydrogens is 528 g/mol. The molecule has 0 unspecified atom stereocenters. The summed E-state index contributed by atoms with van der Waals surface area (Å²) >= 11 is 0. The van der Waals surface area contributed by atoms with Gasteiger partial charge in [-0.25, -0.2) is 0 Å². The molecule has 0 amide bonds. The van der Waals surface area contributed by atoms with Crippen LogP contribution in [0.25, 0.3) is 65.3 Å². The Labute approximate surface area is 263 Å². The summed E-state index contributed by atoms with van der Waals surface area (Å²) < 4.78 is 0. The summed E-state index contributed by atoms with van der Waals surface area (Å²) in [6.07, 6.45) is 0. The van der Waals surface area contributed by atoms with Crippen LogP contribution >= 0.6 is 0 Å². The number of aryl methyl sites for hydroxylation is 4. The van der Waals surface area contributed by atoms with Crippen molar-refractivity contribution in [3.05, 3.63) is 118 Å². The smallest absolute Gasteiger partial charge is 0.00230 e. The highest BCUT2D eigenvalue weighted by molar-refractivity contribution is 6.34. The third kappa shape index (κ3) is 4.58. The van der Waals surface area contributed by atoms with Gasteiger partial charge in [0.15, 0.2) is 0 Å². The highest BCUT2D eigenvalue weighted by atomic mass is 14.3. The summed E-state index contributed by atoms with van der Waals surface area (Å²) in [7, 11) is 0. The summed E-state index contributed by atoms with van der Waals surface area (Å²) in [4.78, 5) is 0. The number of hydrogen-bond donors (Lipinski definition) is 0. The Kier molecular flexibility index (Phi) is 6.29. The second-order valence-electron chi connectivity index (χ2n) is 15.5. The first-order valence-electron chi connectivity index (χ1n) is 16.1. The molecule has 0 heterocycles. The van der Waals surface area contributed by atoms with Crippen LogP contribution in [0.4, 0.5) is 0 Å². The predicted molar refractivity (Wildman–Crippen MR) is 195 cm³/mol. The molecule has 7 aromatic carbocycles. The first kappa shape index (κ1) is 28.6. The molecule has 0 fully saturated rings. The van der Waals surface area contributed by atoms with Gasteiger partial charge < -0.3 is 0 Å². The Balaban J connectivity index is 1.72. The molecule has 0 aliphatic heterocycles. The van der Waals surface area contributed by atoms with Crippen molar-refractivity contribution in [3.8, 4) is 22.3 Å². The zero-order valence-electron chi connectivity index (χ0n) is 28.1. The standard InChI is InChI=1S/C44H44/c1-25-15-26(2)18-29(17-25)31-21-35-33-11-14-40(44(8,9)10)38-24-32(30-19-27(3)16-28(4)20-30)22-36(42(33)38)34-12-13-39(43(5,6)7)37(23-31)41(34)35/h11-24H,1-10H3. The first-order chi connectivity index (χ1) is 20.7. The van der Waals surface area contributed by atoms with E-state index in [1.54, 1.807) is 0 Å². The van der Waals surface area contributed by atoms with Crippen molar-refractivity contribution < 1.29 is 0 Å². The predicted octanol–water partition coefficient (Wildman–Crippen LogP) is 12.9. The van der Waals surface area contributed by atoms with Gasteiger partial charge in [0.1, 0.15) is 0 Å². The summed E-state index contributed by atoms with van der Waals surface area (Å²) in [6, 6.07) is 33.4. The average molecular weight is 573 g/mol. The molecule has 44 heavy (non-hydrogen) atoms. The van der Waals surface area contributed by atoms with E-state index >= 15 is 0 Å². The molecular formula is C44H44. The van der Waals surface area contributed by atoms with Gasteiger partial charge >= 0.3 is 0 Å². The Morgan fingerprint density at radius 1 is 0.318 bits per heavy atom. The molecule has 0 bridgehead atoms. The lowest BCUT2D eigenvalue weighted by Gasteiger charge is -2.27. The van der Waals surface area contributed by atoms with Crippen LogP contribution in [0.15, 0.2) is 84.9 Å². The van der Waals surface area contributed by atoms with Gasteiger partial charge in [0, 0.05) is 0 Å². The molecule has 0 saturated heterocycles. The minimum atomic E-state index is 0.0174. The van der Waals surface area contributed by atoms with Crippen molar-refractivity contribution in [1.29, 1.82) is 0 Å². The van der Waals surface area contributed by atoms with E-state index in [4.69, 9.17) is 0 Å². The van der Waals surface area contributed by atoms with Gasteiger partial charge in [0.05, 0.1) is 0 Å². The van der Waals surface area contributed by atoms with Crippen molar-refractivity contribution in [2.24, 2.45) is 0 Å². The number of fused-ring (bicyclic) bond motifs is 2. The lowest BCUT2D eigenvalue weighted by Crippen LogP contribution is -2.12. The van der Waals surface area contributed by atoms with Crippen molar-refractivity contribution >= 4 is 43.1 Å². The molecule has 0 aliphatic rings. The lowest BCUT2D eigenvalue weighted by molar-refractivity contribution is 0.595. The second kappa shape index (κ2) is 9.67. The molecule has 0 N–H and O–H groups in total. The maximum Gasteiger partial charge on any atom is -0.00230 e. The summed E-state index contributed by atoms with van der Waals surface area (Å²) in [5.41, 5.74) is 13.2. The third-order valence-electron chi connectivity index (χ3n) is 9.54. The number of benzene rings is 7. The monoisotopic (exact) mass is 572 g/mol. The Bertz CT molecular complexity index is 2060. The average Bonchev–Trinajstić information content (AvgIpc) is 2.92. The van der Waals surface area contributed by atoms with Gasteiger partial charge in [-0.2, -0.15) is 0 Å². The molecule has 0 spiro atoms. The molecule has 0 saturated carbocycles. The molecule has 0 aromatic heterocycles. The highest BCUT2D eigenvalue weighted by Crippen LogP contribution is 2.48. The van der Waals surface area contributed by atoms with Crippen molar-refractivity contribution in [2.75, 3.05) is 0 Å². The van der Waals surface area contributed by atoms with E-state index in [2.05, 4.69) is 154 Å². The van der Waals surface area contributed by atoms with Crippen LogP contribution in [0.1, 0.15) is 74.9 Å². The quantitative estimate of drug-likeness (QED) is 0.143. The van der Waals surface area contributed by atoms with Crippen molar-refractivity contribution in [1.82, 2.24) is 0 Å². The van der Waals surface area contributed by atoms with E-state index in [9.17, 15) is 0 Å². The normalized spacial score (nSPS) is 12.8. The summed E-state index contributed by atoms with van der Waals surface area (Å²) in [6.45, 7) is 22.9. The van der Waals surface area contributed by atoms with Crippen LogP contribution in [0.3, 0.4) is 0 Å². The van der Waals surface area contributed by atoms with Gasteiger partial charge in [-0.05, 0) is 139 Å². The van der Waals surface area contributed by atoms with E-state index in [-0.39, 0.29) is 10.8 Å². The van der Waals surface area contributed by atoms with Gasteiger partial charge in [-0.15, -0.1) is 0 Å². The van der Waals surface area contributed by atoms with Crippen molar-refractivity contribution in [3.63, 3.8) is 0 Å². The molecule has 0 heteroatoms. The fourth-order valence-electron chi connectivity index (χ4n) is 7.77. The first-order valence-corrected chi connectivity index (χ1v) is 16.1. The topological polar surface area (TPSA) is 0 Å². The van der Waals surface area contributed by atoms with E-state index in [1.807, 2.05) is 0 Å².